The summed E-state index contributed by atoms with van der Waals surface area (Å²) >= 11 is 1.16. The molecule has 1 heterocycles. The Morgan fingerprint density at radius 3 is 2.48 bits per heavy atom. The van der Waals surface area contributed by atoms with Gasteiger partial charge in [0, 0.05) is 7.05 Å². The molecule has 0 atom stereocenters. The quantitative estimate of drug-likeness (QED) is 0.534. The van der Waals surface area contributed by atoms with Crippen LogP contribution in [0.4, 0.5) is 0 Å². The van der Waals surface area contributed by atoms with Crippen LogP contribution in [0.15, 0.2) is 34.3 Å². The van der Waals surface area contributed by atoms with Crippen molar-refractivity contribution in [3.63, 3.8) is 0 Å². The molecule has 0 amide bonds. The number of aryl methyl sites for hydroxylation is 1. The minimum atomic E-state index is -3.51. The molecular formula is C16H21N3O4S2. The van der Waals surface area contributed by atoms with Crippen molar-refractivity contribution in [2.75, 3.05) is 5.75 Å². The number of hydrogen-bond acceptors (Lipinski definition) is 7. The molecule has 136 valence electrons. The first-order valence-corrected chi connectivity index (χ1v) is 10.3. The number of sulfone groups is 1. The summed E-state index contributed by atoms with van der Waals surface area (Å²) in [5.41, 5.74) is 0.990. The highest BCUT2D eigenvalue weighted by atomic mass is 32.2. The Balaban J connectivity index is 2.07. The predicted molar refractivity (Wildman–Crippen MR) is 95.0 cm³/mol. The van der Waals surface area contributed by atoms with Crippen molar-refractivity contribution in [2.45, 2.75) is 42.7 Å². The third kappa shape index (κ3) is 5.30. The van der Waals surface area contributed by atoms with Gasteiger partial charge in [-0.1, -0.05) is 29.5 Å². The number of esters is 1. The molecule has 0 aliphatic rings. The predicted octanol–water partition coefficient (Wildman–Crippen LogP) is 2.14. The van der Waals surface area contributed by atoms with E-state index in [1.165, 1.54) is 0 Å². The summed E-state index contributed by atoms with van der Waals surface area (Å²) in [7, 11) is -1.83. The summed E-state index contributed by atoms with van der Waals surface area (Å²) in [4.78, 5) is 11.8. The van der Waals surface area contributed by atoms with Crippen molar-refractivity contribution in [1.82, 2.24) is 14.8 Å². The molecule has 2 aromatic rings. The first-order chi connectivity index (χ1) is 11.7. The Kier molecular flexibility index (Phi) is 6.23. The zero-order valence-electron chi connectivity index (χ0n) is 14.6. The summed E-state index contributed by atoms with van der Waals surface area (Å²) in [5, 5.41) is 8.37. The lowest BCUT2D eigenvalue weighted by molar-refractivity contribution is -0.144. The highest BCUT2D eigenvalue weighted by molar-refractivity contribution is 7.99. The summed E-state index contributed by atoms with van der Waals surface area (Å²) in [6, 6.07) is 6.67. The molecule has 25 heavy (non-hydrogen) atoms. The van der Waals surface area contributed by atoms with Gasteiger partial charge in [-0.25, -0.2) is 8.42 Å². The zero-order valence-corrected chi connectivity index (χ0v) is 16.2. The van der Waals surface area contributed by atoms with Crippen LogP contribution in [0.3, 0.4) is 0 Å². The van der Waals surface area contributed by atoms with Crippen molar-refractivity contribution < 1.29 is 17.9 Å². The Bertz CT molecular complexity index is 843. The highest BCUT2D eigenvalue weighted by Crippen LogP contribution is 2.20. The van der Waals surface area contributed by atoms with Gasteiger partial charge in [0.2, 0.25) is 0 Å². The second kappa shape index (κ2) is 8.01. The summed E-state index contributed by atoms with van der Waals surface area (Å²) in [6.07, 6.45) is -0.178. The Morgan fingerprint density at radius 1 is 1.24 bits per heavy atom. The van der Waals surface area contributed by atoms with Gasteiger partial charge in [0.25, 0.3) is 0 Å². The van der Waals surface area contributed by atoms with E-state index in [0.29, 0.717) is 11.0 Å². The molecule has 0 aliphatic carbocycles. The standard InChI is InChI=1S/C16H21N3O4S2/c1-11(2)23-15(20)9-24-16-18-17-14(19(16)4)10-25(21,22)13-7-5-12(3)6-8-13/h5-8,11H,9-10H2,1-4H3. The van der Waals surface area contributed by atoms with Crippen molar-refractivity contribution in [1.29, 1.82) is 0 Å². The molecule has 1 aromatic carbocycles. The van der Waals surface area contributed by atoms with E-state index < -0.39 is 9.84 Å². The summed E-state index contributed by atoms with van der Waals surface area (Å²) < 4.78 is 31.6. The molecule has 0 aliphatic heterocycles. The monoisotopic (exact) mass is 383 g/mol. The van der Waals surface area contributed by atoms with Gasteiger partial charge in [-0.2, -0.15) is 0 Å². The molecule has 9 heteroatoms. The number of ether oxygens (including phenoxy) is 1. The van der Waals surface area contributed by atoms with E-state index in [4.69, 9.17) is 4.74 Å². The molecule has 0 unspecified atom stereocenters. The van der Waals surface area contributed by atoms with Crippen LogP contribution >= 0.6 is 11.8 Å². The number of hydrogen-bond donors (Lipinski definition) is 0. The molecule has 0 saturated carbocycles. The normalized spacial score (nSPS) is 11.7. The molecule has 0 fully saturated rings. The van der Waals surface area contributed by atoms with Gasteiger partial charge in [0.1, 0.15) is 11.6 Å². The first-order valence-electron chi connectivity index (χ1n) is 7.69. The second-order valence-corrected chi connectivity index (χ2v) is 8.79. The number of thioether (sulfide) groups is 1. The van der Waals surface area contributed by atoms with Crippen LogP contribution in [0.25, 0.3) is 0 Å². The van der Waals surface area contributed by atoms with E-state index in [1.807, 2.05) is 6.92 Å². The molecule has 1 aromatic heterocycles. The molecular weight excluding hydrogens is 362 g/mol. The van der Waals surface area contributed by atoms with Crippen LogP contribution in [0.2, 0.25) is 0 Å². The van der Waals surface area contributed by atoms with Gasteiger partial charge in [-0.05, 0) is 32.9 Å². The smallest absolute Gasteiger partial charge is 0.316 e. The number of rotatable bonds is 7. The van der Waals surface area contributed by atoms with Crippen LogP contribution in [0, 0.1) is 6.92 Å². The largest absolute Gasteiger partial charge is 0.462 e. The van der Waals surface area contributed by atoms with E-state index in [9.17, 15) is 13.2 Å². The fourth-order valence-electron chi connectivity index (χ4n) is 2.02. The third-order valence-corrected chi connectivity index (χ3v) is 5.93. The molecule has 0 radical (unpaired) electrons. The highest BCUT2D eigenvalue weighted by Gasteiger charge is 2.20. The lowest BCUT2D eigenvalue weighted by Gasteiger charge is -2.08. The average molecular weight is 383 g/mol. The second-order valence-electron chi connectivity index (χ2n) is 5.86. The van der Waals surface area contributed by atoms with Gasteiger partial charge >= 0.3 is 5.97 Å². The first kappa shape index (κ1) is 19.5. The SMILES string of the molecule is Cc1ccc(S(=O)(=O)Cc2nnc(SCC(=O)OC(C)C)n2C)cc1. The lowest BCUT2D eigenvalue weighted by atomic mass is 10.2. The molecule has 0 saturated heterocycles. The Labute approximate surface area is 151 Å². The minimum absolute atomic E-state index is 0.0921. The zero-order chi connectivity index (χ0) is 18.6. The van der Waals surface area contributed by atoms with E-state index in [0.717, 1.165) is 17.3 Å². The fourth-order valence-corrected chi connectivity index (χ4v) is 4.04. The number of carbonyl (C=O) groups is 1. The molecule has 7 nitrogen and oxygen atoms in total. The van der Waals surface area contributed by atoms with Gasteiger partial charge in [-0.3, -0.25) is 4.79 Å². The number of aromatic nitrogens is 3. The van der Waals surface area contributed by atoms with Gasteiger partial charge in [0.15, 0.2) is 15.0 Å². The van der Waals surface area contributed by atoms with Crippen LogP contribution in [-0.2, 0) is 32.2 Å². The van der Waals surface area contributed by atoms with E-state index in [2.05, 4.69) is 10.2 Å². The van der Waals surface area contributed by atoms with Crippen LogP contribution in [-0.4, -0.2) is 41.0 Å². The topological polar surface area (TPSA) is 91.2 Å². The van der Waals surface area contributed by atoms with Gasteiger partial charge in [0.05, 0.1) is 16.8 Å². The Morgan fingerprint density at radius 2 is 1.88 bits per heavy atom. The number of nitrogens with zero attached hydrogens (tertiary/aromatic N) is 3. The molecule has 0 bridgehead atoms. The minimum Gasteiger partial charge on any atom is -0.462 e. The summed E-state index contributed by atoms with van der Waals surface area (Å²) in [6.45, 7) is 5.45. The Hall–Kier alpha value is -1.87. The maximum absolute atomic E-state index is 12.5. The van der Waals surface area contributed by atoms with Crippen LogP contribution < -0.4 is 0 Å². The maximum Gasteiger partial charge on any atom is 0.316 e. The maximum atomic E-state index is 12.5. The van der Waals surface area contributed by atoms with Crippen molar-refractivity contribution in [2.24, 2.45) is 7.05 Å². The number of carbonyl (C=O) groups excluding carboxylic acids is 1. The molecule has 2 rings (SSSR count). The van der Waals surface area contributed by atoms with Crippen molar-refractivity contribution >= 4 is 27.6 Å². The van der Waals surface area contributed by atoms with Crippen molar-refractivity contribution in [3.05, 3.63) is 35.7 Å². The van der Waals surface area contributed by atoms with E-state index in [1.54, 1.807) is 49.7 Å². The fraction of sp³-hybridized carbons (Fsp3) is 0.438. The van der Waals surface area contributed by atoms with Gasteiger partial charge in [-0.15, -0.1) is 10.2 Å². The third-order valence-electron chi connectivity index (χ3n) is 3.31. The average Bonchev–Trinajstić information content (AvgIpc) is 2.85. The van der Waals surface area contributed by atoms with Crippen LogP contribution in [0.5, 0.6) is 0 Å². The molecule has 0 N–H and O–H groups in total. The van der Waals surface area contributed by atoms with Crippen LogP contribution in [0.1, 0.15) is 25.2 Å². The van der Waals surface area contributed by atoms with E-state index >= 15 is 0 Å². The molecule has 0 spiro atoms. The lowest BCUT2D eigenvalue weighted by Crippen LogP contribution is -2.14. The van der Waals surface area contributed by atoms with E-state index in [-0.39, 0.29) is 28.5 Å². The van der Waals surface area contributed by atoms with Crippen molar-refractivity contribution in [3.8, 4) is 0 Å². The summed E-state index contributed by atoms with van der Waals surface area (Å²) in [5.74, 6) is -0.192. The number of benzene rings is 1. The van der Waals surface area contributed by atoms with Gasteiger partial charge < -0.3 is 9.30 Å².